The number of nitrogens with zero attached hydrogens (tertiary/aromatic N) is 4. The summed E-state index contributed by atoms with van der Waals surface area (Å²) in [6.07, 6.45) is 0.930. The number of amides is 1. The van der Waals surface area contributed by atoms with Crippen LogP contribution in [0.2, 0.25) is 0 Å². The number of fused-ring (bicyclic) bond motifs is 1. The van der Waals surface area contributed by atoms with E-state index in [1.54, 1.807) is 11.6 Å². The van der Waals surface area contributed by atoms with Gasteiger partial charge in [0, 0.05) is 39.8 Å². The minimum atomic E-state index is -0.159. The van der Waals surface area contributed by atoms with E-state index in [0.717, 1.165) is 50.2 Å². The van der Waals surface area contributed by atoms with Crippen molar-refractivity contribution in [3.05, 3.63) is 34.7 Å². The summed E-state index contributed by atoms with van der Waals surface area (Å²) in [6.45, 7) is 6.11. The number of rotatable bonds is 6. The lowest BCUT2D eigenvalue weighted by atomic mass is 10.3. The lowest BCUT2D eigenvalue weighted by Gasteiger charge is -2.32. The molecular weight excluding hydrogens is 318 g/mol. The van der Waals surface area contributed by atoms with Crippen LogP contribution < -0.4 is 11.0 Å². The lowest BCUT2D eigenvalue weighted by Crippen LogP contribution is -2.45. The molecule has 1 saturated heterocycles. The van der Waals surface area contributed by atoms with Crippen molar-refractivity contribution in [2.45, 2.75) is 13.0 Å². The van der Waals surface area contributed by atoms with Gasteiger partial charge in [-0.15, -0.1) is 0 Å². The Morgan fingerprint density at radius 2 is 1.76 bits per heavy atom. The summed E-state index contributed by atoms with van der Waals surface area (Å²) in [7, 11) is 3.88. The van der Waals surface area contributed by atoms with E-state index in [1.807, 2.05) is 24.3 Å². The smallest absolute Gasteiger partial charge is 0.329 e. The van der Waals surface area contributed by atoms with Crippen molar-refractivity contribution in [3.8, 4) is 0 Å². The van der Waals surface area contributed by atoms with Crippen LogP contribution in [0.15, 0.2) is 29.1 Å². The number of hydrogen-bond acceptors (Lipinski definition) is 4. The molecule has 1 N–H and O–H groups in total. The third kappa shape index (κ3) is 4.11. The van der Waals surface area contributed by atoms with Crippen LogP contribution in [0.1, 0.15) is 6.42 Å². The van der Waals surface area contributed by atoms with E-state index >= 15 is 0 Å². The maximum absolute atomic E-state index is 12.3. The van der Waals surface area contributed by atoms with Crippen molar-refractivity contribution < 1.29 is 4.79 Å². The van der Waals surface area contributed by atoms with Crippen molar-refractivity contribution in [2.24, 2.45) is 7.05 Å². The number of imidazole rings is 1. The molecule has 7 nitrogen and oxygen atoms in total. The molecule has 1 aliphatic heterocycles. The number of nitrogens with one attached hydrogen (secondary N) is 1. The summed E-state index contributed by atoms with van der Waals surface area (Å²) in [4.78, 5) is 29.3. The zero-order chi connectivity index (χ0) is 17.8. The van der Waals surface area contributed by atoms with Crippen LogP contribution in [-0.4, -0.2) is 71.2 Å². The van der Waals surface area contributed by atoms with E-state index in [0.29, 0.717) is 6.54 Å². The maximum Gasteiger partial charge on any atom is 0.329 e. The first-order chi connectivity index (χ1) is 12.1. The predicted molar refractivity (Wildman–Crippen MR) is 98.7 cm³/mol. The van der Waals surface area contributed by atoms with Gasteiger partial charge in [0.2, 0.25) is 5.91 Å². The third-order valence-electron chi connectivity index (χ3n) is 4.92. The van der Waals surface area contributed by atoms with E-state index in [1.165, 1.54) is 4.57 Å². The summed E-state index contributed by atoms with van der Waals surface area (Å²) in [6, 6.07) is 7.54. The van der Waals surface area contributed by atoms with Crippen LogP contribution in [-0.2, 0) is 18.4 Å². The zero-order valence-electron chi connectivity index (χ0n) is 15.1. The Hall–Kier alpha value is -2.12. The Morgan fingerprint density at radius 1 is 1.08 bits per heavy atom. The number of benzene rings is 1. The van der Waals surface area contributed by atoms with E-state index < -0.39 is 0 Å². The van der Waals surface area contributed by atoms with Crippen LogP contribution >= 0.6 is 0 Å². The highest BCUT2D eigenvalue weighted by Gasteiger charge is 2.14. The molecule has 2 aromatic rings. The van der Waals surface area contributed by atoms with Gasteiger partial charge in [-0.05, 0) is 32.1 Å². The van der Waals surface area contributed by atoms with Crippen LogP contribution in [0, 0.1) is 0 Å². The number of aryl methyl sites for hydroxylation is 1. The van der Waals surface area contributed by atoms with Crippen LogP contribution in [0.3, 0.4) is 0 Å². The first-order valence-electron chi connectivity index (χ1n) is 8.88. The Morgan fingerprint density at radius 3 is 2.48 bits per heavy atom. The zero-order valence-corrected chi connectivity index (χ0v) is 15.1. The molecule has 0 spiro atoms. The Bertz CT molecular complexity index is 786. The number of aromatic nitrogens is 2. The van der Waals surface area contributed by atoms with Crippen molar-refractivity contribution >= 4 is 16.9 Å². The highest BCUT2D eigenvalue weighted by Crippen LogP contribution is 2.11. The maximum atomic E-state index is 12.3. The van der Waals surface area contributed by atoms with Gasteiger partial charge in [0.25, 0.3) is 0 Å². The van der Waals surface area contributed by atoms with Gasteiger partial charge < -0.3 is 15.1 Å². The molecule has 0 unspecified atom stereocenters. The lowest BCUT2D eigenvalue weighted by molar-refractivity contribution is -0.121. The first-order valence-corrected chi connectivity index (χ1v) is 8.88. The average Bonchev–Trinajstić information content (AvgIpc) is 2.86. The number of para-hydroxylation sites is 2. The largest absolute Gasteiger partial charge is 0.354 e. The standard InChI is InChI=1S/C18H27N5O2/c1-20-10-12-22(13-11-20)9-5-8-19-17(24)14-23-16-7-4-3-6-15(16)21(2)18(23)25/h3-4,6-7H,5,8-14H2,1-2H3,(H,19,24). The molecule has 1 aliphatic rings. The summed E-state index contributed by atoms with van der Waals surface area (Å²) >= 11 is 0. The van der Waals surface area contributed by atoms with Gasteiger partial charge in [-0.3, -0.25) is 13.9 Å². The second-order valence-corrected chi connectivity index (χ2v) is 6.76. The van der Waals surface area contributed by atoms with Crippen LogP contribution in [0.25, 0.3) is 11.0 Å². The van der Waals surface area contributed by atoms with Gasteiger partial charge in [-0.2, -0.15) is 0 Å². The molecule has 3 rings (SSSR count). The van der Waals surface area contributed by atoms with Crippen molar-refractivity contribution in [2.75, 3.05) is 46.3 Å². The topological polar surface area (TPSA) is 62.5 Å². The van der Waals surface area contributed by atoms with Crippen molar-refractivity contribution in [3.63, 3.8) is 0 Å². The van der Waals surface area contributed by atoms with Gasteiger partial charge in [-0.25, -0.2) is 4.79 Å². The molecule has 1 amide bonds. The highest BCUT2D eigenvalue weighted by molar-refractivity contribution is 5.80. The molecule has 1 fully saturated rings. The van der Waals surface area contributed by atoms with Gasteiger partial charge >= 0.3 is 5.69 Å². The minimum Gasteiger partial charge on any atom is -0.354 e. The molecule has 0 atom stereocenters. The van der Waals surface area contributed by atoms with Crippen molar-refractivity contribution in [1.29, 1.82) is 0 Å². The third-order valence-corrected chi connectivity index (χ3v) is 4.92. The Balaban J connectivity index is 1.49. The molecule has 0 aliphatic carbocycles. The molecule has 136 valence electrons. The molecule has 0 bridgehead atoms. The second-order valence-electron chi connectivity index (χ2n) is 6.76. The van der Waals surface area contributed by atoms with Crippen LogP contribution in [0.4, 0.5) is 0 Å². The minimum absolute atomic E-state index is 0.0642. The van der Waals surface area contributed by atoms with Gasteiger partial charge in [0.1, 0.15) is 6.54 Å². The van der Waals surface area contributed by atoms with E-state index in [9.17, 15) is 9.59 Å². The molecule has 25 heavy (non-hydrogen) atoms. The number of hydrogen-bond donors (Lipinski definition) is 1. The highest BCUT2D eigenvalue weighted by atomic mass is 16.2. The molecule has 1 aromatic heterocycles. The predicted octanol–water partition coefficient (Wildman–Crippen LogP) is 0.0937. The Kier molecular flexibility index (Phi) is 5.55. The number of likely N-dealkylation sites (N-methyl/N-ethyl adjacent to an activating group) is 1. The summed E-state index contributed by atoms with van der Waals surface area (Å²) in [5.74, 6) is -0.114. The van der Waals surface area contributed by atoms with Gasteiger partial charge in [0.15, 0.2) is 0 Å². The Labute approximate surface area is 147 Å². The fraction of sp³-hybridized carbons (Fsp3) is 0.556. The molecule has 2 heterocycles. The SMILES string of the molecule is CN1CCN(CCCNC(=O)Cn2c(=O)n(C)c3ccccc32)CC1. The fourth-order valence-electron chi connectivity index (χ4n) is 3.32. The summed E-state index contributed by atoms with van der Waals surface area (Å²) < 4.78 is 3.11. The number of carbonyl (C=O) groups excluding carboxylic acids is 1. The summed E-state index contributed by atoms with van der Waals surface area (Å²) in [5, 5.41) is 2.94. The quantitative estimate of drug-likeness (QED) is 0.754. The number of carbonyl (C=O) groups is 1. The van der Waals surface area contributed by atoms with Crippen LogP contribution in [0.5, 0.6) is 0 Å². The second kappa shape index (κ2) is 7.84. The molecule has 7 heteroatoms. The molecule has 0 saturated carbocycles. The molecule has 0 radical (unpaired) electrons. The molecular formula is C18H27N5O2. The van der Waals surface area contributed by atoms with Crippen molar-refractivity contribution in [1.82, 2.24) is 24.3 Å². The normalized spacial score (nSPS) is 16.4. The van der Waals surface area contributed by atoms with Gasteiger partial charge in [0.05, 0.1) is 11.0 Å². The fourth-order valence-corrected chi connectivity index (χ4v) is 3.32. The van der Waals surface area contributed by atoms with E-state index in [-0.39, 0.29) is 18.1 Å². The van der Waals surface area contributed by atoms with E-state index in [2.05, 4.69) is 22.2 Å². The van der Waals surface area contributed by atoms with Gasteiger partial charge in [-0.1, -0.05) is 12.1 Å². The van der Waals surface area contributed by atoms with E-state index in [4.69, 9.17) is 0 Å². The summed E-state index contributed by atoms with van der Waals surface area (Å²) in [5.41, 5.74) is 1.48. The first kappa shape index (κ1) is 17.7. The molecule has 1 aromatic carbocycles. The average molecular weight is 345 g/mol. The number of piperazine rings is 1. The monoisotopic (exact) mass is 345 g/mol.